The summed E-state index contributed by atoms with van der Waals surface area (Å²) in [7, 11) is 0. The van der Waals surface area contributed by atoms with E-state index in [1.165, 1.54) is 5.56 Å². The molecule has 3 aromatic rings. The molecule has 3 rings (SSSR count). The average Bonchev–Trinajstić information content (AvgIpc) is 2.90. The van der Waals surface area contributed by atoms with E-state index in [9.17, 15) is 0 Å². The third kappa shape index (κ3) is 3.03. The summed E-state index contributed by atoms with van der Waals surface area (Å²) < 4.78 is 2.49. The van der Waals surface area contributed by atoms with Crippen molar-refractivity contribution in [3.63, 3.8) is 0 Å². The van der Waals surface area contributed by atoms with E-state index in [1.807, 2.05) is 42.5 Å². The number of thioether (sulfide) groups is 1. The Kier molecular flexibility index (Phi) is 4.49. The van der Waals surface area contributed by atoms with Crippen molar-refractivity contribution in [3.05, 3.63) is 64.6 Å². The Morgan fingerprint density at radius 1 is 1.05 bits per heavy atom. The van der Waals surface area contributed by atoms with Crippen molar-refractivity contribution < 1.29 is 0 Å². The van der Waals surface area contributed by atoms with Crippen molar-refractivity contribution in [2.24, 2.45) is 0 Å². The molecule has 0 aliphatic heterocycles. The number of aromatic nitrogens is 3. The molecule has 0 aliphatic rings. The maximum absolute atomic E-state index is 6.18. The highest BCUT2D eigenvalue weighted by Crippen LogP contribution is 2.35. The molecule has 1 heterocycles. The summed E-state index contributed by atoms with van der Waals surface area (Å²) in [5.74, 6) is 6.83. The number of hydrogen-bond donors (Lipinski definition) is 1. The Morgan fingerprint density at radius 3 is 2.45 bits per heavy atom. The van der Waals surface area contributed by atoms with Crippen molar-refractivity contribution in [2.45, 2.75) is 17.3 Å². The summed E-state index contributed by atoms with van der Waals surface area (Å²) >= 11 is 5.11. The van der Waals surface area contributed by atoms with Gasteiger partial charge in [-0.2, -0.15) is 0 Å². The Balaban J connectivity index is 1.87. The number of nitrogen functional groups attached to an aromatic ring is 1. The average molecular weight is 375 g/mol. The molecule has 22 heavy (non-hydrogen) atoms. The Hall–Kier alpha value is -1.79. The molecule has 2 aromatic carbocycles. The van der Waals surface area contributed by atoms with Crippen LogP contribution >= 0.6 is 27.7 Å². The fourth-order valence-electron chi connectivity index (χ4n) is 2.13. The van der Waals surface area contributed by atoms with Crippen molar-refractivity contribution in [2.75, 3.05) is 5.84 Å². The molecule has 1 aromatic heterocycles. The molecule has 2 N–H and O–H groups in total. The van der Waals surface area contributed by atoms with Crippen LogP contribution in [-0.2, 0) is 0 Å². The minimum atomic E-state index is 0.250. The topological polar surface area (TPSA) is 56.7 Å². The van der Waals surface area contributed by atoms with Gasteiger partial charge in [0.25, 0.3) is 0 Å². The highest BCUT2D eigenvalue weighted by Gasteiger charge is 2.17. The van der Waals surface area contributed by atoms with Crippen LogP contribution in [0.2, 0.25) is 0 Å². The van der Waals surface area contributed by atoms with Gasteiger partial charge in [0.15, 0.2) is 5.82 Å². The zero-order valence-corrected chi connectivity index (χ0v) is 14.4. The Morgan fingerprint density at radius 2 is 1.73 bits per heavy atom. The van der Waals surface area contributed by atoms with Gasteiger partial charge < -0.3 is 5.84 Å². The minimum absolute atomic E-state index is 0.250. The van der Waals surface area contributed by atoms with E-state index < -0.39 is 0 Å². The number of halogens is 1. The maximum Gasteiger partial charge on any atom is 0.210 e. The van der Waals surface area contributed by atoms with E-state index in [2.05, 4.69) is 45.2 Å². The van der Waals surface area contributed by atoms with E-state index in [1.54, 1.807) is 16.4 Å². The summed E-state index contributed by atoms with van der Waals surface area (Å²) in [6, 6.07) is 18.1. The Labute approximate surface area is 141 Å². The molecule has 0 spiro atoms. The van der Waals surface area contributed by atoms with Crippen molar-refractivity contribution in [1.82, 2.24) is 14.9 Å². The molecule has 0 saturated carbocycles. The largest absolute Gasteiger partial charge is 0.335 e. The molecule has 112 valence electrons. The Bertz CT molecular complexity index is 773. The smallest absolute Gasteiger partial charge is 0.210 e. The first kappa shape index (κ1) is 15.1. The van der Waals surface area contributed by atoms with E-state index in [4.69, 9.17) is 5.84 Å². The molecule has 1 atom stereocenters. The van der Waals surface area contributed by atoms with Crippen LogP contribution in [-0.4, -0.2) is 14.9 Å². The zero-order valence-electron chi connectivity index (χ0n) is 12.0. The summed E-state index contributed by atoms with van der Waals surface area (Å²) in [4.78, 5) is 0. The van der Waals surface area contributed by atoms with Crippen LogP contribution in [0.4, 0.5) is 0 Å². The normalized spacial score (nSPS) is 12.3. The molecule has 0 amide bonds. The molecule has 0 saturated heterocycles. The van der Waals surface area contributed by atoms with Crippen LogP contribution in [0.1, 0.15) is 17.7 Å². The predicted molar refractivity (Wildman–Crippen MR) is 94.0 cm³/mol. The SMILES string of the molecule is C[C@@H](Sc1nnc(-c2ccccc2Br)n1N)c1ccccc1. The van der Waals surface area contributed by atoms with Crippen LogP contribution < -0.4 is 5.84 Å². The van der Waals surface area contributed by atoms with E-state index >= 15 is 0 Å². The van der Waals surface area contributed by atoms with Crippen LogP contribution in [0.5, 0.6) is 0 Å². The van der Waals surface area contributed by atoms with Gasteiger partial charge in [-0.25, -0.2) is 4.68 Å². The number of rotatable bonds is 4. The van der Waals surface area contributed by atoms with E-state index in [0.717, 1.165) is 10.0 Å². The molecule has 0 unspecified atom stereocenters. The van der Waals surface area contributed by atoms with Crippen LogP contribution in [0.3, 0.4) is 0 Å². The van der Waals surface area contributed by atoms with Crippen LogP contribution in [0.15, 0.2) is 64.2 Å². The summed E-state index contributed by atoms with van der Waals surface area (Å²) in [6.07, 6.45) is 0. The van der Waals surface area contributed by atoms with Crippen molar-refractivity contribution >= 4 is 27.7 Å². The molecule has 6 heteroatoms. The maximum atomic E-state index is 6.18. The third-order valence-corrected chi connectivity index (χ3v) is 5.14. The lowest BCUT2D eigenvalue weighted by atomic mass is 10.2. The lowest BCUT2D eigenvalue weighted by Crippen LogP contribution is -2.12. The fraction of sp³-hybridized carbons (Fsp3) is 0.125. The standard InChI is InChI=1S/C16H15BrN4S/c1-11(12-7-3-2-4-8-12)22-16-20-19-15(21(16)18)13-9-5-6-10-14(13)17/h2-11H,18H2,1H3/t11-/m1/s1. The molecule has 0 fully saturated rings. The van der Waals surface area contributed by atoms with Gasteiger partial charge in [0.2, 0.25) is 5.16 Å². The predicted octanol–water partition coefficient (Wildman–Crippen LogP) is 4.27. The number of nitrogens with two attached hydrogens (primary N) is 1. The first-order valence-corrected chi connectivity index (χ1v) is 8.51. The van der Waals surface area contributed by atoms with E-state index in [0.29, 0.717) is 11.0 Å². The van der Waals surface area contributed by atoms with Gasteiger partial charge >= 0.3 is 0 Å². The molecule has 4 nitrogen and oxygen atoms in total. The van der Waals surface area contributed by atoms with Crippen molar-refractivity contribution in [1.29, 1.82) is 0 Å². The minimum Gasteiger partial charge on any atom is -0.335 e. The highest BCUT2D eigenvalue weighted by molar-refractivity contribution is 9.10. The number of nitrogens with zero attached hydrogens (tertiary/aromatic N) is 3. The molecule has 0 aliphatic carbocycles. The van der Waals surface area contributed by atoms with Gasteiger partial charge in [0.1, 0.15) is 0 Å². The van der Waals surface area contributed by atoms with Crippen LogP contribution in [0.25, 0.3) is 11.4 Å². The first-order valence-electron chi connectivity index (χ1n) is 6.84. The first-order chi connectivity index (χ1) is 10.7. The second-order valence-electron chi connectivity index (χ2n) is 4.83. The number of benzene rings is 2. The summed E-state index contributed by atoms with van der Waals surface area (Å²) in [5.41, 5.74) is 2.16. The van der Waals surface area contributed by atoms with E-state index in [-0.39, 0.29) is 5.25 Å². The molecular formula is C16H15BrN4S. The van der Waals surface area contributed by atoms with Gasteiger partial charge in [0, 0.05) is 15.3 Å². The van der Waals surface area contributed by atoms with Crippen molar-refractivity contribution in [3.8, 4) is 11.4 Å². The van der Waals surface area contributed by atoms with Gasteiger partial charge in [0.05, 0.1) is 0 Å². The van der Waals surface area contributed by atoms with Crippen LogP contribution in [0, 0.1) is 0 Å². The monoisotopic (exact) mass is 374 g/mol. The highest BCUT2D eigenvalue weighted by atomic mass is 79.9. The van der Waals surface area contributed by atoms with Gasteiger partial charge in [-0.1, -0.05) is 70.2 Å². The lowest BCUT2D eigenvalue weighted by molar-refractivity contribution is 0.843. The molecular weight excluding hydrogens is 360 g/mol. The fourth-order valence-corrected chi connectivity index (χ4v) is 3.49. The second-order valence-corrected chi connectivity index (χ2v) is 6.99. The second kappa shape index (κ2) is 6.54. The molecule has 0 radical (unpaired) electrons. The number of hydrogen-bond acceptors (Lipinski definition) is 4. The lowest BCUT2D eigenvalue weighted by Gasteiger charge is -2.11. The zero-order chi connectivity index (χ0) is 15.5. The van der Waals surface area contributed by atoms with Gasteiger partial charge in [-0.05, 0) is 24.6 Å². The van der Waals surface area contributed by atoms with Gasteiger partial charge in [-0.15, -0.1) is 10.2 Å². The van der Waals surface area contributed by atoms with Gasteiger partial charge in [-0.3, -0.25) is 0 Å². The third-order valence-electron chi connectivity index (χ3n) is 3.33. The molecule has 0 bridgehead atoms. The summed E-state index contributed by atoms with van der Waals surface area (Å²) in [5, 5.41) is 9.41. The summed E-state index contributed by atoms with van der Waals surface area (Å²) in [6.45, 7) is 2.13. The quantitative estimate of drug-likeness (QED) is 0.546.